The highest BCUT2D eigenvalue weighted by atomic mass is 16.5. The Morgan fingerprint density at radius 1 is 0.935 bits per heavy atom. The summed E-state index contributed by atoms with van der Waals surface area (Å²) in [5.41, 5.74) is 2.92. The number of anilines is 2. The van der Waals surface area contributed by atoms with Gasteiger partial charge in [-0.3, -0.25) is 4.98 Å². The van der Waals surface area contributed by atoms with Gasteiger partial charge in [0.25, 0.3) is 0 Å². The van der Waals surface area contributed by atoms with Crippen molar-refractivity contribution in [3.8, 4) is 11.5 Å². The first kappa shape index (κ1) is 22.2. The summed E-state index contributed by atoms with van der Waals surface area (Å²) in [7, 11) is 7.26. The monoisotopic (exact) mass is 423 g/mol. The number of carbonyl (C=O) groups is 1. The second-order valence-electron chi connectivity index (χ2n) is 7.11. The van der Waals surface area contributed by atoms with Crippen LogP contribution in [-0.2, 0) is 4.74 Å². The number of carbonyl (C=O) groups excluding carboxylic acids is 1. The number of aromatic nitrogens is 1. The molecule has 0 saturated heterocycles. The molecule has 1 aromatic heterocycles. The number of likely N-dealkylation sites (N-methyl/N-ethyl adjacent to an activating group) is 2. The Morgan fingerprint density at radius 3 is 2.32 bits per heavy atom. The van der Waals surface area contributed by atoms with Crippen LogP contribution in [0.25, 0.3) is 10.9 Å². The average molecular weight is 424 g/mol. The molecule has 3 aromatic rings. The first-order valence-electron chi connectivity index (χ1n) is 10.2. The second-order valence-corrected chi connectivity index (χ2v) is 7.11. The summed E-state index contributed by atoms with van der Waals surface area (Å²) < 4.78 is 16.2. The summed E-state index contributed by atoms with van der Waals surface area (Å²) in [6, 6.07) is 13.6. The number of nitrogens with zero attached hydrogens (tertiary/aromatic N) is 3. The van der Waals surface area contributed by atoms with Crippen molar-refractivity contribution in [2.75, 3.05) is 57.8 Å². The van der Waals surface area contributed by atoms with Crippen LogP contribution in [0.15, 0.2) is 48.7 Å². The summed E-state index contributed by atoms with van der Waals surface area (Å²) >= 11 is 0. The minimum atomic E-state index is -0.389. The molecule has 0 aliphatic carbocycles. The minimum Gasteiger partial charge on any atom is -0.495 e. The van der Waals surface area contributed by atoms with Crippen LogP contribution in [-0.4, -0.2) is 59.0 Å². The zero-order valence-electron chi connectivity index (χ0n) is 18.7. The zero-order chi connectivity index (χ0) is 22.4. The van der Waals surface area contributed by atoms with Crippen molar-refractivity contribution < 1.29 is 19.0 Å². The van der Waals surface area contributed by atoms with Crippen LogP contribution in [0.1, 0.15) is 17.3 Å². The first-order valence-corrected chi connectivity index (χ1v) is 10.2. The molecule has 7 heteroatoms. The van der Waals surface area contributed by atoms with Gasteiger partial charge in [0.05, 0.1) is 32.2 Å². The van der Waals surface area contributed by atoms with Crippen molar-refractivity contribution in [1.82, 2.24) is 4.98 Å². The number of benzene rings is 2. The van der Waals surface area contributed by atoms with E-state index in [1.165, 1.54) is 0 Å². The molecule has 0 aliphatic heterocycles. The third-order valence-electron chi connectivity index (χ3n) is 5.20. The number of fused-ring (bicyclic) bond motifs is 1. The first-order chi connectivity index (χ1) is 15.0. The van der Waals surface area contributed by atoms with E-state index in [-0.39, 0.29) is 5.97 Å². The molecule has 0 fully saturated rings. The molecule has 0 amide bonds. The van der Waals surface area contributed by atoms with Crippen LogP contribution < -0.4 is 19.3 Å². The van der Waals surface area contributed by atoms with Gasteiger partial charge in [0, 0.05) is 38.8 Å². The van der Waals surface area contributed by atoms with Gasteiger partial charge in [-0.25, -0.2) is 4.79 Å². The van der Waals surface area contributed by atoms with E-state index in [0.29, 0.717) is 36.5 Å². The number of esters is 1. The Hall–Kier alpha value is -3.48. The highest BCUT2D eigenvalue weighted by Crippen LogP contribution is 2.34. The van der Waals surface area contributed by atoms with E-state index >= 15 is 0 Å². The lowest BCUT2D eigenvalue weighted by molar-refractivity contribution is 0.0527. The second kappa shape index (κ2) is 10.0. The van der Waals surface area contributed by atoms with Gasteiger partial charge < -0.3 is 24.0 Å². The number of methoxy groups -OCH3 is 2. The van der Waals surface area contributed by atoms with Crippen molar-refractivity contribution in [3.63, 3.8) is 0 Å². The molecule has 0 unspecified atom stereocenters. The molecule has 3 rings (SSSR count). The molecular formula is C24H29N3O4. The quantitative estimate of drug-likeness (QED) is 0.482. The molecule has 0 aliphatic rings. The van der Waals surface area contributed by atoms with Crippen LogP contribution >= 0.6 is 0 Å². The SMILES string of the molecule is CCOC(=O)c1cnc2c(OC)cccc2c1N(C)CCN(C)c1ccccc1OC. The van der Waals surface area contributed by atoms with E-state index in [2.05, 4.69) is 14.8 Å². The van der Waals surface area contributed by atoms with E-state index in [1.54, 1.807) is 27.3 Å². The van der Waals surface area contributed by atoms with Gasteiger partial charge in [0.1, 0.15) is 22.6 Å². The minimum absolute atomic E-state index is 0.300. The highest BCUT2D eigenvalue weighted by Gasteiger charge is 2.21. The summed E-state index contributed by atoms with van der Waals surface area (Å²) in [5, 5.41) is 0.840. The van der Waals surface area contributed by atoms with Gasteiger partial charge in [-0.1, -0.05) is 24.3 Å². The predicted molar refractivity (Wildman–Crippen MR) is 124 cm³/mol. The van der Waals surface area contributed by atoms with Crippen molar-refractivity contribution in [1.29, 1.82) is 0 Å². The maximum atomic E-state index is 12.7. The number of para-hydroxylation sites is 3. The maximum Gasteiger partial charge on any atom is 0.341 e. The summed E-state index contributed by atoms with van der Waals surface area (Å²) in [4.78, 5) is 21.3. The molecular weight excluding hydrogens is 394 g/mol. The third-order valence-corrected chi connectivity index (χ3v) is 5.20. The normalized spacial score (nSPS) is 10.6. The Bertz CT molecular complexity index is 1050. The molecule has 0 saturated carbocycles. The number of rotatable bonds is 9. The van der Waals surface area contributed by atoms with Gasteiger partial charge in [-0.05, 0) is 25.1 Å². The van der Waals surface area contributed by atoms with Gasteiger partial charge in [-0.15, -0.1) is 0 Å². The van der Waals surface area contributed by atoms with Crippen LogP contribution in [0.3, 0.4) is 0 Å². The standard InChI is InChI=1S/C24H29N3O4/c1-6-31-24(28)18-16-25-22-17(10-9-13-21(22)30-5)23(18)27(3)15-14-26(2)19-11-7-8-12-20(19)29-4/h7-13,16H,6,14-15H2,1-5H3. The third kappa shape index (κ3) is 4.66. The fraction of sp³-hybridized carbons (Fsp3) is 0.333. The van der Waals surface area contributed by atoms with Crippen molar-refractivity contribution >= 4 is 28.2 Å². The van der Waals surface area contributed by atoms with E-state index in [9.17, 15) is 4.79 Å². The van der Waals surface area contributed by atoms with Gasteiger partial charge >= 0.3 is 5.97 Å². The fourth-order valence-corrected chi connectivity index (χ4v) is 3.59. The Labute approximate surface area is 183 Å². The molecule has 0 N–H and O–H groups in total. The molecule has 31 heavy (non-hydrogen) atoms. The summed E-state index contributed by atoms with van der Waals surface area (Å²) in [6.07, 6.45) is 1.57. The van der Waals surface area contributed by atoms with Crippen LogP contribution in [0.2, 0.25) is 0 Å². The molecule has 2 aromatic carbocycles. The molecule has 0 radical (unpaired) electrons. The maximum absolute atomic E-state index is 12.7. The largest absolute Gasteiger partial charge is 0.495 e. The van der Waals surface area contributed by atoms with Gasteiger partial charge in [0.15, 0.2) is 0 Å². The van der Waals surface area contributed by atoms with Crippen molar-refractivity contribution in [3.05, 3.63) is 54.2 Å². The lowest BCUT2D eigenvalue weighted by Gasteiger charge is -2.28. The molecule has 1 heterocycles. The molecule has 0 bridgehead atoms. The molecule has 0 atom stereocenters. The van der Waals surface area contributed by atoms with Crippen molar-refractivity contribution in [2.45, 2.75) is 6.92 Å². The lowest BCUT2D eigenvalue weighted by atomic mass is 10.1. The number of ether oxygens (including phenoxy) is 3. The number of hydrogen-bond acceptors (Lipinski definition) is 7. The van der Waals surface area contributed by atoms with E-state index < -0.39 is 0 Å². The van der Waals surface area contributed by atoms with E-state index in [0.717, 1.165) is 22.5 Å². The number of pyridine rings is 1. The van der Waals surface area contributed by atoms with Crippen LogP contribution in [0.5, 0.6) is 11.5 Å². The smallest absolute Gasteiger partial charge is 0.341 e. The Balaban J connectivity index is 1.95. The summed E-state index contributed by atoms with van der Waals surface area (Å²) in [6.45, 7) is 3.47. The molecule has 7 nitrogen and oxygen atoms in total. The molecule has 164 valence electrons. The average Bonchev–Trinajstić information content (AvgIpc) is 2.81. The lowest BCUT2D eigenvalue weighted by Crippen LogP contribution is -2.32. The topological polar surface area (TPSA) is 64.1 Å². The van der Waals surface area contributed by atoms with Gasteiger partial charge in [-0.2, -0.15) is 0 Å². The molecule has 0 spiro atoms. The van der Waals surface area contributed by atoms with Crippen LogP contribution in [0.4, 0.5) is 11.4 Å². The zero-order valence-corrected chi connectivity index (χ0v) is 18.7. The van der Waals surface area contributed by atoms with Crippen molar-refractivity contribution in [2.24, 2.45) is 0 Å². The highest BCUT2D eigenvalue weighted by molar-refractivity contribution is 6.06. The van der Waals surface area contributed by atoms with Gasteiger partial charge in [0.2, 0.25) is 0 Å². The van der Waals surface area contributed by atoms with E-state index in [1.807, 2.05) is 56.6 Å². The summed E-state index contributed by atoms with van der Waals surface area (Å²) in [5.74, 6) is 1.09. The fourth-order valence-electron chi connectivity index (χ4n) is 3.59. The Morgan fingerprint density at radius 2 is 1.61 bits per heavy atom. The van der Waals surface area contributed by atoms with E-state index in [4.69, 9.17) is 14.2 Å². The Kier molecular flexibility index (Phi) is 7.18. The number of hydrogen-bond donors (Lipinski definition) is 0. The predicted octanol–water partition coefficient (Wildman–Crippen LogP) is 4.00. The van der Waals surface area contributed by atoms with Crippen LogP contribution in [0, 0.1) is 0 Å².